The van der Waals surface area contributed by atoms with Crippen molar-refractivity contribution >= 4 is 15.7 Å². The van der Waals surface area contributed by atoms with Crippen LogP contribution in [0.4, 0.5) is 19.0 Å². The van der Waals surface area contributed by atoms with Gasteiger partial charge < -0.3 is 4.90 Å². The van der Waals surface area contributed by atoms with Crippen molar-refractivity contribution in [2.75, 3.05) is 29.5 Å². The molecule has 0 N–H and O–H groups in total. The van der Waals surface area contributed by atoms with Crippen molar-refractivity contribution in [1.29, 1.82) is 0 Å². The number of halogens is 3. The summed E-state index contributed by atoms with van der Waals surface area (Å²) in [6, 6.07) is 0.845. The predicted molar refractivity (Wildman–Crippen MR) is 62.5 cm³/mol. The average Bonchev–Trinajstić information content (AvgIpc) is 2.49. The van der Waals surface area contributed by atoms with E-state index in [4.69, 9.17) is 0 Å². The molecule has 2 rings (SSSR count). The topological polar surface area (TPSA) is 63.2 Å². The minimum atomic E-state index is -4.53. The molecule has 1 fully saturated rings. The summed E-state index contributed by atoms with van der Waals surface area (Å²) in [6.45, 7) is 0.518. The first-order valence-corrected chi connectivity index (χ1v) is 7.45. The lowest BCUT2D eigenvalue weighted by Gasteiger charge is -2.21. The summed E-state index contributed by atoms with van der Waals surface area (Å²) in [5, 5.41) is 0. The van der Waals surface area contributed by atoms with Gasteiger partial charge in [-0.15, -0.1) is 0 Å². The van der Waals surface area contributed by atoms with Crippen molar-refractivity contribution in [2.45, 2.75) is 12.6 Å². The molecule has 2 heterocycles. The molecule has 9 heteroatoms. The second-order valence-electron chi connectivity index (χ2n) is 4.25. The largest absolute Gasteiger partial charge is 0.433 e. The highest BCUT2D eigenvalue weighted by Gasteiger charge is 2.33. The number of sulfone groups is 1. The number of rotatable bonds is 1. The van der Waals surface area contributed by atoms with Crippen molar-refractivity contribution in [1.82, 2.24) is 9.97 Å². The Morgan fingerprint density at radius 1 is 1.16 bits per heavy atom. The van der Waals surface area contributed by atoms with Crippen molar-refractivity contribution in [2.24, 2.45) is 0 Å². The molecule has 0 amide bonds. The van der Waals surface area contributed by atoms with Crippen LogP contribution < -0.4 is 4.90 Å². The molecular formula is C10H12F3N3O2S. The first kappa shape index (κ1) is 14.0. The lowest BCUT2D eigenvalue weighted by Crippen LogP contribution is -2.28. The van der Waals surface area contributed by atoms with Crippen molar-refractivity contribution in [3.8, 4) is 0 Å². The van der Waals surface area contributed by atoms with Crippen molar-refractivity contribution in [3.05, 3.63) is 18.1 Å². The van der Waals surface area contributed by atoms with Gasteiger partial charge in [-0.2, -0.15) is 13.2 Å². The van der Waals surface area contributed by atoms with E-state index in [1.807, 2.05) is 0 Å². The maximum absolute atomic E-state index is 12.5. The standard InChI is InChI=1S/C10H12F3N3O2S/c11-10(12,13)8-6-9(15-7-14-8)16-2-1-4-19(17,18)5-3-16/h6-7H,1-5H2. The van der Waals surface area contributed by atoms with Gasteiger partial charge in [0.15, 0.2) is 9.84 Å². The molecule has 0 radical (unpaired) electrons. The zero-order valence-electron chi connectivity index (χ0n) is 9.89. The van der Waals surface area contributed by atoms with Crippen LogP contribution in [0, 0.1) is 0 Å². The molecule has 106 valence electrons. The van der Waals surface area contributed by atoms with Gasteiger partial charge in [-0.05, 0) is 6.42 Å². The number of aromatic nitrogens is 2. The Bertz CT molecular complexity index is 559. The number of hydrogen-bond acceptors (Lipinski definition) is 5. The first-order valence-electron chi connectivity index (χ1n) is 5.62. The van der Waals surface area contributed by atoms with Crippen molar-refractivity contribution in [3.63, 3.8) is 0 Å². The average molecular weight is 295 g/mol. The minimum Gasteiger partial charge on any atom is -0.355 e. The summed E-state index contributed by atoms with van der Waals surface area (Å²) in [4.78, 5) is 8.51. The van der Waals surface area contributed by atoms with Crippen LogP contribution in [-0.2, 0) is 16.0 Å². The summed E-state index contributed by atoms with van der Waals surface area (Å²) in [5.74, 6) is 0.0958. The molecule has 19 heavy (non-hydrogen) atoms. The Morgan fingerprint density at radius 3 is 2.58 bits per heavy atom. The molecule has 0 bridgehead atoms. The molecule has 0 aromatic carbocycles. The third-order valence-electron chi connectivity index (χ3n) is 2.82. The van der Waals surface area contributed by atoms with Crippen molar-refractivity contribution < 1.29 is 21.6 Å². The SMILES string of the molecule is O=S1(=O)CCCN(c2cc(C(F)(F)F)ncn2)CC1. The fraction of sp³-hybridized carbons (Fsp3) is 0.600. The second-order valence-corrected chi connectivity index (χ2v) is 6.56. The van der Waals surface area contributed by atoms with Gasteiger partial charge in [-0.1, -0.05) is 0 Å². The van der Waals surface area contributed by atoms with E-state index in [0.717, 1.165) is 12.4 Å². The lowest BCUT2D eigenvalue weighted by atomic mass is 10.3. The fourth-order valence-corrected chi connectivity index (χ4v) is 3.11. The van der Waals surface area contributed by atoms with Gasteiger partial charge in [-0.25, -0.2) is 18.4 Å². The minimum absolute atomic E-state index is 0.0563. The van der Waals surface area contributed by atoms with E-state index in [1.165, 1.54) is 0 Å². The van der Waals surface area contributed by atoms with Crippen LogP contribution in [-0.4, -0.2) is 43.0 Å². The number of hydrogen-bond donors (Lipinski definition) is 0. The Labute approximate surface area is 108 Å². The van der Waals surface area contributed by atoms with Gasteiger partial charge in [0.25, 0.3) is 0 Å². The molecular weight excluding hydrogens is 283 g/mol. The molecule has 1 aromatic rings. The van der Waals surface area contributed by atoms with E-state index in [-0.39, 0.29) is 23.9 Å². The van der Waals surface area contributed by atoms with E-state index in [1.54, 1.807) is 4.90 Å². The number of nitrogens with zero attached hydrogens (tertiary/aromatic N) is 3. The maximum Gasteiger partial charge on any atom is 0.433 e. The van der Waals surface area contributed by atoms with Crippen LogP contribution in [0.5, 0.6) is 0 Å². The van der Waals surface area contributed by atoms with Gasteiger partial charge in [-0.3, -0.25) is 0 Å². The van der Waals surface area contributed by atoms with Gasteiger partial charge in [0, 0.05) is 19.2 Å². The predicted octanol–water partition coefficient (Wildman–Crippen LogP) is 1.12. The van der Waals surface area contributed by atoms with Gasteiger partial charge >= 0.3 is 6.18 Å². The molecule has 5 nitrogen and oxygen atoms in total. The second kappa shape index (κ2) is 4.95. The van der Waals surface area contributed by atoms with Gasteiger partial charge in [0.05, 0.1) is 11.5 Å². The third kappa shape index (κ3) is 3.55. The fourth-order valence-electron chi connectivity index (χ4n) is 1.84. The number of alkyl halides is 3. The Hall–Kier alpha value is -1.38. The molecule has 1 aromatic heterocycles. The molecule has 0 saturated carbocycles. The smallest absolute Gasteiger partial charge is 0.355 e. The molecule has 1 saturated heterocycles. The summed E-state index contributed by atoms with van der Waals surface area (Å²) in [7, 11) is -3.11. The normalized spacial score (nSPS) is 20.1. The van der Waals surface area contributed by atoms with Crippen LogP contribution in [0.3, 0.4) is 0 Å². The third-order valence-corrected chi connectivity index (χ3v) is 4.54. The van der Waals surface area contributed by atoms with E-state index in [2.05, 4.69) is 9.97 Å². The summed E-state index contributed by atoms with van der Waals surface area (Å²) in [6.07, 6.45) is -3.30. The van der Waals surface area contributed by atoms with Gasteiger partial charge in [0.2, 0.25) is 0 Å². The molecule has 1 aliphatic heterocycles. The molecule has 0 atom stereocenters. The molecule has 0 unspecified atom stereocenters. The lowest BCUT2D eigenvalue weighted by molar-refractivity contribution is -0.141. The van der Waals surface area contributed by atoms with E-state index in [0.29, 0.717) is 13.0 Å². The molecule has 0 aliphatic carbocycles. The van der Waals surface area contributed by atoms with Crippen LogP contribution in [0.1, 0.15) is 12.1 Å². The van der Waals surface area contributed by atoms with Crippen LogP contribution in [0.25, 0.3) is 0 Å². The number of anilines is 1. The van der Waals surface area contributed by atoms with Crippen LogP contribution in [0.2, 0.25) is 0 Å². The van der Waals surface area contributed by atoms with Crippen LogP contribution in [0.15, 0.2) is 12.4 Å². The maximum atomic E-state index is 12.5. The first-order chi connectivity index (χ1) is 8.78. The quantitative estimate of drug-likeness (QED) is 0.777. The zero-order chi connectivity index (χ0) is 14.1. The Kier molecular flexibility index (Phi) is 3.66. The van der Waals surface area contributed by atoms with E-state index >= 15 is 0 Å². The highest BCUT2D eigenvalue weighted by Crippen LogP contribution is 2.29. The Balaban J connectivity index is 2.23. The van der Waals surface area contributed by atoms with Gasteiger partial charge in [0.1, 0.15) is 17.8 Å². The van der Waals surface area contributed by atoms with Crippen LogP contribution >= 0.6 is 0 Å². The molecule has 0 spiro atoms. The van der Waals surface area contributed by atoms with E-state index in [9.17, 15) is 21.6 Å². The highest BCUT2D eigenvalue weighted by molar-refractivity contribution is 7.91. The summed E-state index contributed by atoms with van der Waals surface area (Å²) >= 11 is 0. The van der Waals surface area contributed by atoms with E-state index < -0.39 is 21.7 Å². The monoisotopic (exact) mass is 295 g/mol. The zero-order valence-corrected chi connectivity index (χ0v) is 10.7. The summed E-state index contributed by atoms with van der Waals surface area (Å²) < 4.78 is 60.5. The Morgan fingerprint density at radius 2 is 1.89 bits per heavy atom. The highest BCUT2D eigenvalue weighted by atomic mass is 32.2. The molecule has 1 aliphatic rings. The summed E-state index contributed by atoms with van der Waals surface area (Å²) in [5.41, 5.74) is -1.02.